The summed E-state index contributed by atoms with van der Waals surface area (Å²) in [4.78, 5) is 11.4. The third-order valence-corrected chi connectivity index (χ3v) is 2.68. The second-order valence-corrected chi connectivity index (χ2v) is 4.72. The first-order valence-electron chi connectivity index (χ1n) is 6.29. The van der Waals surface area contributed by atoms with E-state index < -0.39 is 6.10 Å². The molecule has 19 heavy (non-hydrogen) atoms. The SMILES string of the molecule is CC(C)OCC(O)COc1ccc2c(c1)OCC2=O. The number of hydrogen-bond donors (Lipinski definition) is 1. The predicted octanol–water partition coefficient (Wildman–Crippen LogP) is 1.43. The van der Waals surface area contributed by atoms with Crippen LogP contribution < -0.4 is 9.47 Å². The van der Waals surface area contributed by atoms with E-state index in [0.29, 0.717) is 17.1 Å². The number of ether oxygens (including phenoxy) is 3. The zero-order chi connectivity index (χ0) is 13.8. The van der Waals surface area contributed by atoms with Gasteiger partial charge in [0.05, 0.1) is 18.3 Å². The van der Waals surface area contributed by atoms with Crippen molar-refractivity contribution in [2.24, 2.45) is 0 Å². The van der Waals surface area contributed by atoms with E-state index in [-0.39, 0.29) is 31.7 Å². The van der Waals surface area contributed by atoms with Gasteiger partial charge in [0.15, 0.2) is 6.61 Å². The Kier molecular flexibility index (Phi) is 4.39. The van der Waals surface area contributed by atoms with E-state index in [1.54, 1.807) is 18.2 Å². The Morgan fingerprint density at radius 3 is 2.89 bits per heavy atom. The molecule has 0 bridgehead atoms. The Hall–Kier alpha value is -1.59. The molecule has 1 heterocycles. The van der Waals surface area contributed by atoms with E-state index in [2.05, 4.69) is 0 Å². The molecule has 5 nitrogen and oxygen atoms in total. The molecule has 104 valence electrons. The highest BCUT2D eigenvalue weighted by Crippen LogP contribution is 2.29. The minimum atomic E-state index is -0.682. The van der Waals surface area contributed by atoms with Gasteiger partial charge < -0.3 is 19.3 Å². The molecule has 1 aromatic rings. The summed E-state index contributed by atoms with van der Waals surface area (Å²) in [7, 11) is 0. The molecule has 0 spiro atoms. The molecule has 0 amide bonds. The molecule has 1 aliphatic rings. The van der Waals surface area contributed by atoms with Crippen LogP contribution in [0.15, 0.2) is 18.2 Å². The topological polar surface area (TPSA) is 65.0 Å². The van der Waals surface area contributed by atoms with Gasteiger partial charge in [0.1, 0.15) is 24.2 Å². The Bertz CT molecular complexity index is 455. The molecular weight excluding hydrogens is 248 g/mol. The number of fused-ring (bicyclic) bond motifs is 1. The van der Waals surface area contributed by atoms with Crippen molar-refractivity contribution < 1.29 is 24.1 Å². The summed E-state index contributed by atoms with van der Waals surface area (Å²) in [6, 6.07) is 5.04. The van der Waals surface area contributed by atoms with Gasteiger partial charge in [-0.15, -0.1) is 0 Å². The average molecular weight is 266 g/mol. The molecule has 1 unspecified atom stereocenters. The predicted molar refractivity (Wildman–Crippen MR) is 68.9 cm³/mol. The van der Waals surface area contributed by atoms with E-state index >= 15 is 0 Å². The normalized spacial score (nSPS) is 15.3. The number of benzene rings is 1. The maximum absolute atomic E-state index is 11.4. The minimum Gasteiger partial charge on any atom is -0.491 e. The van der Waals surface area contributed by atoms with Crippen LogP contribution in [-0.4, -0.2) is 42.9 Å². The van der Waals surface area contributed by atoms with Gasteiger partial charge in [-0.2, -0.15) is 0 Å². The molecule has 0 radical (unpaired) electrons. The van der Waals surface area contributed by atoms with Crippen molar-refractivity contribution in [3.05, 3.63) is 23.8 Å². The molecule has 1 N–H and O–H groups in total. The van der Waals surface area contributed by atoms with Crippen LogP contribution in [-0.2, 0) is 4.74 Å². The van der Waals surface area contributed by atoms with E-state index in [1.807, 2.05) is 13.8 Å². The van der Waals surface area contributed by atoms with E-state index in [9.17, 15) is 9.90 Å². The lowest BCUT2D eigenvalue weighted by atomic mass is 10.1. The van der Waals surface area contributed by atoms with Gasteiger partial charge in [0.2, 0.25) is 5.78 Å². The number of carbonyl (C=O) groups is 1. The number of aliphatic hydroxyl groups excluding tert-OH is 1. The van der Waals surface area contributed by atoms with Crippen molar-refractivity contribution >= 4 is 5.78 Å². The molecule has 1 aromatic carbocycles. The van der Waals surface area contributed by atoms with Gasteiger partial charge in [0, 0.05) is 6.07 Å². The Labute approximate surface area is 112 Å². The molecule has 1 aliphatic heterocycles. The number of hydrogen-bond acceptors (Lipinski definition) is 5. The Morgan fingerprint density at radius 2 is 2.16 bits per heavy atom. The number of Topliss-reactive ketones (excluding diaryl/α,β-unsaturated/α-hetero) is 1. The molecule has 2 rings (SSSR count). The van der Waals surface area contributed by atoms with Gasteiger partial charge in [-0.25, -0.2) is 0 Å². The first-order valence-corrected chi connectivity index (χ1v) is 6.29. The maximum atomic E-state index is 11.4. The van der Waals surface area contributed by atoms with E-state index in [0.717, 1.165) is 0 Å². The van der Waals surface area contributed by atoms with Gasteiger partial charge >= 0.3 is 0 Å². The van der Waals surface area contributed by atoms with Crippen LogP contribution in [0.5, 0.6) is 11.5 Å². The standard InChI is InChI=1S/C14H18O5/c1-9(2)17-6-10(15)7-18-11-3-4-12-13(16)8-19-14(12)5-11/h3-5,9-10,15H,6-8H2,1-2H3. The summed E-state index contributed by atoms with van der Waals surface area (Å²) in [6.07, 6.45) is -0.604. The minimum absolute atomic E-state index is 0.0214. The summed E-state index contributed by atoms with van der Waals surface area (Å²) >= 11 is 0. The quantitative estimate of drug-likeness (QED) is 0.843. The summed E-state index contributed by atoms with van der Waals surface area (Å²) in [5.74, 6) is 1.08. The number of aliphatic hydroxyl groups is 1. The number of rotatable bonds is 6. The van der Waals surface area contributed by atoms with Crippen molar-refractivity contribution in [2.75, 3.05) is 19.8 Å². The number of ketones is 1. The van der Waals surface area contributed by atoms with Crippen LogP contribution in [0.1, 0.15) is 24.2 Å². The molecule has 0 fully saturated rings. The molecular formula is C14H18O5. The lowest BCUT2D eigenvalue weighted by Gasteiger charge is -2.14. The second kappa shape index (κ2) is 6.04. The summed E-state index contributed by atoms with van der Waals surface area (Å²) in [6.45, 7) is 4.27. The fraction of sp³-hybridized carbons (Fsp3) is 0.500. The average Bonchev–Trinajstić information content (AvgIpc) is 2.75. The largest absolute Gasteiger partial charge is 0.491 e. The van der Waals surface area contributed by atoms with Crippen LogP contribution in [0.2, 0.25) is 0 Å². The molecule has 0 saturated carbocycles. The molecule has 0 aromatic heterocycles. The van der Waals surface area contributed by atoms with Crippen molar-refractivity contribution in [2.45, 2.75) is 26.1 Å². The number of carbonyl (C=O) groups excluding carboxylic acids is 1. The molecule has 1 atom stereocenters. The first-order chi connectivity index (χ1) is 9.06. The Morgan fingerprint density at radius 1 is 1.37 bits per heavy atom. The zero-order valence-corrected chi connectivity index (χ0v) is 11.1. The fourth-order valence-corrected chi connectivity index (χ4v) is 1.71. The van der Waals surface area contributed by atoms with Crippen LogP contribution in [0.25, 0.3) is 0 Å². The van der Waals surface area contributed by atoms with Crippen molar-refractivity contribution in [1.29, 1.82) is 0 Å². The van der Waals surface area contributed by atoms with Gasteiger partial charge in [-0.05, 0) is 26.0 Å². The third-order valence-electron chi connectivity index (χ3n) is 2.68. The highest BCUT2D eigenvalue weighted by Gasteiger charge is 2.21. The van der Waals surface area contributed by atoms with Crippen LogP contribution in [0.4, 0.5) is 0 Å². The summed E-state index contributed by atoms with van der Waals surface area (Å²) in [5, 5.41) is 9.66. The van der Waals surface area contributed by atoms with Crippen molar-refractivity contribution in [3.63, 3.8) is 0 Å². The molecule has 0 aliphatic carbocycles. The van der Waals surface area contributed by atoms with E-state index in [1.165, 1.54) is 0 Å². The second-order valence-electron chi connectivity index (χ2n) is 4.72. The van der Waals surface area contributed by atoms with Gasteiger partial charge in [0.25, 0.3) is 0 Å². The van der Waals surface area contributed by atoms with Crippen molar-refractivity contribution in [1.82, 2.24) is 0 Å². The maximum Gasteiger partial charge on any atom is 0.203 e. The Balaban J connectivity index is 1.85. The molecule has 0 saturated heterocycles. The zero-order valence-electron chi connectivity index (χ0n) is 11.1. The fourth-order valence-electron chi connectivity index (χ4n) is 1.71. The van der Waals surface area contributed by atoms with Crippen LogP contribution >= 0.6 is 0 Å². The highest BCUT2D eigenvalue weighted by molar-refractivity contribution is 6.02. The highest BCUT2D eigenvalue weighted by atomic mass is 16.5. The smallest absolute Gasteiger partial charge is 0.203 e. The lowest BCUT2D eigenvalue weighted by molar-refractivity contribution is -0.0123. The van der Waals surface area contributed by atoms with Gasteiger partial charge in [-0.1, -0.05) is 0 Å². The monoisotopic (exact) mass is 266 g/mol. The van der Waals surface area contributed by atoms with Gasteiger partial charge in [-0.3, -0.25) is 4.79 Å². The van der Waals surface area contributed by atoms with Crippen LogP contribution in [0, 0.1) is 0 Å². The first kappa shape index (κ1) is 13.8. The third kappa shape index (κ3) is 3.68. The summed E-state index contributed by atoms with van der Waals surface area (Å²) in [5.41, 5.74) is 0.580. The van der Waals surface area contributed by atoms with Crippen molar-refractivity contribution in [3.8, 4) is 11.5 Å². The van der Waals surface area contributed by atoms with Crippen LogP contribution in [0.3, 0.4) is 0 Å². The molecule has 5 heteroatoms. The summed E-state index contributed by atoms with van der Waals surface area (Å²) < 4.78 is 15.9. The van der Waals surface area contributed by atoms with E-state index in [4.69, 9.17) is 14.2 Å². The lowest BCUT2D eigenvalue weighted by Crippen LogP contribution is -2.25.